The summed E-state index contributed by atoms with van der Waals surface area (Å²) in [5, 5.41) is 3.63. The normalized spacial score (nSPS) is 12.6. The molecule has 1 rings (SSSR count). The summed E-state index contributed by atoms with van der Waals surface area (Å²) in [4.78, 5) is 0. The minimum absolute atomic E-state index is 0.219. The van der Waals surface area contributed by atoms with Gasteiger partial charge in [-0.05, 0) is 64.3 Å². The molecule has 0 spiro atoms. The van der Waals surface area contributed by atoms with Crippen molar-refractivity contribution in [1.82, 2.24) is 5.32 Å². The van der Waals surface area contributed by atoms with Crippen LogP contribution in [0.1, 0.15) is 58.6 Å². The Labute approximate surface area is 130 Å². The molecular weight excluding hydrogens is 262 g/mol. The molecule has 3 nitrogen and oxygen atoms in total. The van der Waals surface area contributed by atoms with Crippen LogP contribution in [0.4, 0.5) is 0 Å². The zero-order valence-electron chi connectivity index (χ0n) is 14.0. The summed E-state index contributed by atoms with van der Waals surface area (Å²) in [6.07, 6.45) is 3.55. The van der Waals surface area contributed by atoms with E-state index in [9.17, 15) is 0 Å². The summed E-state index contributed by atoms with van der Waals surface area (Å²) in [5.74, 6) is 0.942. The summed E-state index contributed by atoms with van der Waals surface area (Å²) in [5.41, 5.74) is 1.33. The van der Waals surface area contributed by atoms with Gasteiger partial charge in [-0.2, -0.15) is 0 Å². The summed E-state index contributed by atoms with van der Waals surface area (Å²) in [7, 11) is 0. The van der Waals surface area contributed by atoms with Crippen LogP contribution in [0.25, 0.3) is 0 Å². The van der Waals surface area contributed by atoms with E-state index in [1.54, 1.807) is 0 Å². The fraction of sp³-hybridized carbons (Fsp3) is 0.667. The third kappa shape index (κ3) is 7.49. The fourth-order valence-corrected chi connectivity index (χ4v) is 2.29. The smallest absolute Gasteiger partial charge is 0.119 e. The van der Waals surface area contributed by atoms with Crippen molar-refractivity contribution in [1.29, 1.82) is 0 Å². The van der Waals surface area contributed by atoms with Crippen molar-refractivity contribution in [2.24, 2.45) is 0 Å². The molecular formula is C18H31NO2. The quantitative estimate of drug-likeness (QED) is 0.616. The predicted molar refractivity (Wildman–Crippen MR) is 89.0 cm³/mol. The molecule has 120 valence electrons. The van der Waals surface area contributed by atoms with Crippen LogP contribution in [-0.4, -0.2) is 25.9 Å². The minimum Gasteiger partial charge on any atom is -0.491 e. The van der Waals surface area contributed by atoms with Gasteiger partial charge in [-0.3, -0.25) is 0 Å². The Morgan fingerprint density at radius 1 is 1.10 bits per heavy atom. The topological polar surface area (TPSA) is 30.5 Å². The Bertz CT molecular complexity index is 362. The first-order valence-corrected chi connectivity index (χ1v) is 8.25. The molecule has 1 aromatic carbocycles. The van der Waals surface area contributed by atoms with Crippen molar-refractivity contribution in [2.75, 3.05) is 19.8 Å². The summed E-state index contributed by atoms with van der Waals surface area (Å²) in [6, 6.07) is 8.88. The molecule has 1 unspecified atom stereocenters. The van der Waals surface area contributed by atoms with E-state index in [1.807, 2.05) is 20.8 Å². The second-order valence-corrected chi connectivity index (χ2v) is 5.58. The van der Waals surface area contributed by atoms with Gasteiger partial charge in [0.05, 0.1) is 6.10 Å². The summed E-state index contributed by atoms with van der Waals surface area (Å²) in [6.45, 7) is 11.0. The van der Waals surface area contributed by atoms with E-state index < -0.39 is 0 Å². The first-order valence-electron chi connectivity index (χ1n) is 8.25. The summed E-state index contributed by atoms with van der Waals surface area (Å²) < 4.78 is 11.1. The van der Waals surface area contributed by atoms with Gasteiger partial charge in [-0.15, -0.1) is 0 Å². The second-order valence-electron chi connectivity index (χ2n) is 5.58. The number of hydrogen-bond acceptors (Lipinski definition) is 3. The molecule has 0 saturated heterocycles. The Morgan fingerprint density at radius 3 is 2.38 bits per heavy atom. The molecule has 1 N–H and O–H groups in total. The van der Waals surface area contributed by atoms with E-state index in [0.717, 1.165) is 44.8 Å². The van der Waals surface area contributed by atoms with Crippen molar-refractivity contribution in [3.63, 3.8) is 0 Å². The maximum Gasteiger partial charge on any atom is 0.119 e. The van der Waals surface area contributed by atoms with Gasteiger partial charge in [-0.25, -0.2) is 0 Å². The highest BCUT2D eigenvalue weighted by Crippen LogP contribution is 2.22. The van der Waals surface area contributed by atoms with Gasteiger partial charge in [0.2, 0.25) is 0 Å². The lowest BCUT2D eigenvalue weighted by Crippen LogP contribution is -2.22. The van der Waals surface area contributed by atoms with Gasteiger partial charge >= 0.3 is 0 Å². The molecule has 1 atom stereocenters. The third-order valence-corrected chi connectivity index (χ3v) is 3.28. The number of nitrogens with one attached hydrogen (secondary N) is 1. The van der Waals surface area contributed by atoms with Crippen molar-refractivity contribution < 1.29 is 9.47 Å². The van der Waals surface area contributed by atoms with Gasteiger partial charge in [0.15, 0.2) is 0 Å². The Hall–Kier alpha value is -1.06. The zero-order valence-corrected chi connectivity index (χ0v) is 14.0. The van der Waals surface area contributed by atoms with Gasteiger partial charge in [0.1, 0.15) is 5.75 Å². The minimum atomic E-state index is 0.219. The van der Waals surface area contributed by atoms with Gasteiger partial charge in [0, 0.05) is 19.3 Å². The molecule has 0 saturated carbocycles. The van der Waals surface area contributed by atoms with Crippen molar-refractivity contribution in [2.45, 2.75) is 59.1 Å². The highest BCUT2D eigenvalue weighted by molar-refractivity contribution is 5.29. The number of rotatable bonds is 11. The van der Waals surface area contributed by atoms with Crippen molar-refractivity contribution in [3.8, 4) is 5.75 Å². The maximum atomic E-state index is 5.70. The highest BCUT2D eigenvalue weighted by Gasteiger charge is 2.10. The van der Waals surface area contributed by atoms with Crippen LogP contribution in [0.5, 0.6) is 5.75 Å². The largest absolute Gasteiger partial charge is 0.491 e. The third-order valence-electron chi connectivity index (χ3n) is 3.28. The molecule has 0 amide bonds. The van der Waals surface area contributed by atoms with Gasteiger partial charge in [0.25, 0.3) is 0 Å². The number of benzene rings is 1. The molecule has 3 heteroatoms. The van der Waals surface area contributed by atoms with Crippen LogP contribution >= 0.6 is 0 Å². The first-order chi connectivity index (χ1) is 10.2. The lowest BCUT2D eigenvalue weighted by molar-refractivity contribution is 0.141. The molecule has 0 bridgehead atoms. The molecule has 0 aliphatic carbocycles. The molecule has 0 aromatic heterocycles. The van der Waals surface area contributed by atoms with Crippen molar-refractivity contribution in [3.05, 3.63) is 29.8 Å². The molecule has 1 aromatic rings. The van der Waals surface area contributed by atoms with Crippen LogP contribution in [0.2, 0.25) is 0 Å². The maximum absolute atomic E-state index is 5.70. The monoisotopic (exact) mass is 293 g/mol. The van der Waals surface area contributed by atoms with E-state index in [2.05, 4.69) is 36.5 Å². The van der Waals surface area contributed by atoms with E-state index >= 15 is 0 Å². The average molecular weight is 293 g/mol. The van der Waals surface area contributed by atoms with Gasteiger partial charge < -0.3 is 14.8 Å². The highest BCUT2D eigenvalue weighted by atomic mass is 16.5. The van der Waals surface area contributed by atoms with E-state index in [1.165, 1.54) is 5.56 Å². The molecule has 0 heterocycles. The van der Waals surface area contributed by atoms with Crippen LogP contribution in [0.15, 0.2) is 24.3 Å². The Kier molecular flexibility index (Phi) is 9.11. The van der Waals surface area contributed by atoms with Gasteiger partial charge in [-0.1, -0.05) is 19.1 Å². The van der Waals surface area contributed by atoms with E-state index in [0.29, 0.717) is 6.04 Å². The average Bonchev–Trinajstić information content (AvgIpc) is 2.47. The fourth-order valence-electron chi connectivity index (χ4n) is 2.29. The molecule has 0 aliphatic heterocycles. The zero-order chi connectivity index (χ0) is 15.5. The predicted octanol–water partition coefficient (Wildman–Crippen LogP) is 4.33. The number of hydrogen-bond donors (Lipinski definition) is 1. The van der Waals surface area contributed by atoms with Crippen LogP contribution in [0.3, 0.4) is 0 Å². The Morgan fingerprint density at radius 2 is 1.81 bits per heavy atom. The van der Waals surface area contributed by atoms with Crippen molar-refractivity contribution >= 4 is 0 Å². The Balaban J connectivity index is 2.59. The molecule has 21 heavy (non-hydrogen) atoms. The van der Waals surface area contributed by atoms with E-state index in [4.69, 9.17) is 9.47 Å². The molecule has 0 aliphatic rings. The van der Waals surface area contributed by atoms with E-state index in [-0.39, 0.29) is 6.10 Å². The lowest BCUT2D eigenvalue weighted by Gasteiger charge is -2.20. The second kappa shape index (κ2) is 10.6. The standard InChI is InChI=1S/C18H31NO2/c1-5-13-19-18(8-7-14-20-6-2)16-9-11-17(12-10-16)21-15(3)4/h9-12,15,18-19H,5-8,13-14H2,1-4H3. The lowest BCUT2D eigenvalue weighted by atomic mass is 10.0. The molecule has 0 fully saturated rings. The first kappa shape index (κ1) is 18.0. The van der Waals surface area contributed by atoms with Crippen LogP contribution in [-0.2, 0) is 4.74 Å². The van der Waals surface area contributed by atoms with Crippen LogP contribution < -0.4 is 10.1 Å². The number of ether oxygens (including phenoxy) is 2. The summed E-state index contributed by atoms with van der Waals surface area (Å²) >= 11 is 0. The SMILES string of the molecule is CCCNC(CCCOCC)c1ccc(OC(C)C)cc1. The molecule has 0 radical (unpaired) electrons. The van der Waals surface area contributed by atoms with Crippen LogP contribution in [0, 0.1) is 0 Å².